The molecule has 0 unspecified atom stereocenters. The summed E-state index contributed by atoms with van der Waals surface area (Å²) >= 11 is 0. The fourth-order valence-corrected chi connectivity index (χ4v) is 1.72. The predicted octanol–water partition coefficient (Wildman–Crippen LogP) is 1.63. The van der Waals surface area contributed by atoms with Gasteiger partial charge in [-0.15, -0.1) is 0 Å². The van der Waals surface area contributed by atoms with E-state index in [1.807, 2.05) is 0 Å². The minimum absolute atomic E-state index is 0.0143. The Bertz CT molecular complexity index is 415. The molecule has 0 aromatic heterocycles. The second-order valence-electron chi connectivity index (χ2n) is 4.44. The highest BCUT2D eigenvalue weighted by Crippen LogP contribution is 2.10. The SMILES string of the molecule is NCCCCCCC(=O)Nc1ccc(C(N)=O)cc1. The Morgan fingerprint density at radius 3 is 2.21 bits per heavy atom. The van der Waals surface area contributed by atoms with Gasteiger partial charge in [0, 0.05) is 17.7 Å². The van der Waals surface area contributed by atoms with E-state index in [2.05, 4.69) is 5.32 Å². The topological polar surface area (TPSA) is 98.2 Å². The number of hydrogen-bond acceptors (Lipinski definition) is 3. The standard InChI is InChI=1S/C14H21N3O2/c15-10-4-2-1-3-5-13(18)17-12-8-6-11(7-9-12)14(16)19/h6-9H,1-5,10,15H2,(H2,16,19)(H,17,18). The summed E-state index contributed by atoms with van der Waals surface area (Å²) in [6.07, 6.45) is 4.46. The van der Waals surface area contributed by atoms with E-state index in [0.717, 1.165) is 25.7 Å². The number of unbranched alkanes of at least 4 members (excludes halogenated alkanes) is 3. The zero-order valence-corrected chi connectivity index (χ0v) is 11.0. The average Bonchev–Trinajstić information content (AvgIpc) is 2.39. The van der Waals surface area contributed by atoms with Crippen molar-refractivity contribution < 1.29 is 9.59 Å². The molecule has 104 valence electrons. The van der Waals surface area contributed by atoms with E-state index in [1.165, 1.54) is 0 Å². The minimum Gasteiger partial charge on any atom is -0.366 e. The van der Waals surface area contributed by atoms with Gasteiger partial charge in [-0.05, 0) is 43.7 Å². The first-order chi connectivity index (χ1) is 9.13. The van der Waals surface area contributed by atoms with Crippen molar-refractivity contribution in [3.05, 3.63) is 29.8 Å². The number of primary amides is 1. The molecule has 1 rings (SSSR count). The molecule has 0 aliphatic rings. The molecular formula is C14H21N3O2. The normalized spacial score (nSPS) is 10.2. The highest BCUT2D eigenvalue weighted by molar-refractivity contribution is 5.94. The molecule has 19 heavy (non-hydrogen) atoms. The molecule has 5 heteroatoms. The summed E-state index contributed by atoms with van der Waals surface area (Å²) in [5, 5.41) is 2.78. The van der Waals surface area contributed by atoms with Crippen LogP contribution in [-0.2, 0) is 4.79 Å². The fourth-order valence-electron chi connectivity index (χ4n) is 1.72. The smallest absolute Gasteiger partial charge is 0.248 e. The van der Waals surface area contributed by atoms with Gasteiger partial charge in [0.15, 0.2) is 0 Å². The lowest BCUT2D eigenvalue weighted by atomic mass is 10.1. The number of nitrogens with one attached hydrogen (secondary N) is 1. The van der Waals surface area contributed by atoms with E-state index in [-0.39, 0.29) is 5.91 Å². The molecule has 0 aliphatic carbocycles. The molecule has 0 bridgehead atoms. The van der Waals surface area contributed by atoms with Gasteiger partial charge in [0.1, 0.15) is 0 Å². The third-order valence-corrected chi connectivity index (χ3v) is 2.81. The fraction of sp³-hybridized carbons (Fsp3) is 0.429. The molecule has 0 fully saturated rings. The van der Waals surface area contributed by atoms with E-state index < -0.39 is 5.91 Å². The zero-order valence-electron chi connectivity index (χ0n) is 11.0. The number of carbonyl (C=O) groups is 2. The summed E-state index contributed by atoms with van der Waals surface area (Å²) in [6.45, 7) is 0.707. The lowest BCUT2D eigenvalue weighted by Gasteiger charge is -2.05. The average molecular weight is 263 g/mol. The summed E-state index contributed by atoms with van der Waals surface area (Å²) in [5.41, 5.74) is 11.6. The van der Waals surface area contributed by atoms with Gasteiger partial charge in [0.05, 0.1) is 0 Å². The van der Waals surface area contributed by atoms with Gasteiger partial charge >= 0.3 is 0 Å². The van der Waals surface area contributed by atoms with Crippen LogP contribution in [0.3, 0.4) is 0 Å². The number of amides is 2. The first-order valence-corrected chi connectivity index (χ1v) is 6.53. The van der Waals surface area contributed by atoms with Crippen LogP contribution in [0.5, 0.6) is 0 Å². The molecule has 5 nitrogen and oxygen atoms in total. The maximum Gasteiger partial charge on any atom is 0.248 e. The predicted molar refractivity (Wildman–Crippen MR) is 75.7 cm³/mol. The first kappa shape index (κ1) is 15.2. The quantitative estimate of drug-likeness (QED) is 0.622. The molecule has 0 saturated heterocycles. The lowest BCUT2D eigenvalue weighted by molar-refractivity contribution is -0.116. The number of carbonyl (C=O) groups excluding carboxylic acids is 2. The Labute approximate surface area is 113 Å². The van der Waals surface area contributed by atoms with Crippen molar-refractivity contribution in [2.24, 2.45) is 11.5 Å². The van der Waals surface area contributed by atoms with Crippen molar-refractivity contribution in [1.82, 2.24) is 0 Å². The Kier molecular flexibility index (Phi) is 6.60. The maximum atomic E-state index is 11.6. The molecule has 0 spiro atoms. The molecule has 0 atom stereocenters. The van der Waals surface area contributed by atoms with Crippen LogP contribution >= 0.6 is 0 Å². The summed E-state index contributed by atoms with van der Waals surface area (Å²) in [4.78, 5) is 22.5. The van der Waals surface area contributed by atoms with Crippen LogP contribution in [0.1, 0.15) is 42.5 Å². The van der Waals surface area contributed by atoms with Crippen molar-refractivity contribution in [1.29, 1.82) is 0 Å². The van der Waals surface area contributed by atoms with Crippen LogP contribution in [0, 0.1) is 0 Å². The molecule has 2 amide bonds. The third kappa shape index (κ3) is 6.01. The van der Waals surface area contributed by atoms with Crippen molar-refractivity contribution in [2.75, 3.05) is 11.9 Å². The Balaban J connectivity index is 2.30. The molecule has 0 aliphatic heterocycles. The van der Waals surface area contributed by atoms with E-state index in [0.29, 0.717) is 24.2 Å². The van der Waals surface area contributed by atoms with Gasteiger partial charge < -0.3 is 16.8 Å². The second-order valence-corrected chi connectivity index (χ2v) is 4.44. The van der Waals surface area contributed by atoms with Gasteiger partial charge in [0.25, 0.3) is 0 Å². The van der Waals surface area contributed by atoms with Crippen molar-refractivity contribution in [3.63, 3.8) is 0 Å². The molecule has 1 aromatic carbocycles. The number of nitrogens with two attached hydrogens (primary N) is 2. The second kappa shape index (κ2) is 8.26. The van der Waals surface area contributed by atoms with Crippen molar-refractivity contribution in [2.45, 2.75) is 32.1 Å². The van der Waals surface area contributed by atoms with Crippen LogP contribution in [0.25, 0.3) is 0 Å². The van der Waals surface area contributed by atoms with Crippen LogP contribution in [0.2, 0.25) is 0 Å². The Hall–Kier alpha value is -1.88. The summed E-state index contributed by atoms with van der Waals surface area (Å²) in [6, 6.07) is 6.54. The number of rotatable bonds is 8. The summed E-state index contributed by atoms with van der Waals surface area (Å²) in [7, 11) is 0. The minimum atomic E-state index is -0.474. The van der Waals surface area contributed by atoms with E-state index >= 15 is 0 Å². The van der Waals surface area contributed by atoms with Crippen molar-refractivity contribution >= 4 is 17.5 Å². The highest BCUT2D eigenvalue weighted by Gasteiger charge is 2.03. The first-order valence-electron chi connectivity index (χ1n) is 6.53. The van der Waals surface area contributed by atoms with Gasteiger partial charge in [0.2, 0.25) is 11.8 Å². The van der Waals surface area contributed by atoms with E-state index in [1.54, 1.807) is 24.3 Å². The third-order valence-electron chi connectivity index (χ3n) is 2.81. The van der Waals surface area contributed by atoms with Crippen LogP contribution < -0.4 is 16.8 Å². The summed E-state index contributed by atoms with van der Waals surface area (Å²) in [5.74, 6) is -0.489. The largest absolute Gasteiger partial charge is 0.366 e. The number of benzene rings is 1. The van der Waals surface area contributed by atoms with Gasteiger partial charge in [-0.25, -0.2) is 0 Å². The van der Waals surface area contributed by atoms with Gasteiger partial charge in [-0.2, -0.15) is 0 Å². The molecular weight excluding hydrogens is 242 g/mol. The van der Waals surface area contributed by atoms with Gasteiger partial charge in [-0.3, -0.25) is 9.59 Å². The molecule has 1 aromatic rings. The Morgan fingerprint density at radius 2 is 1.63 bits per heavy atom. The lowest BCUT2D eigenvalue weighted by Crippen LogP contribution is -2.13. The van der Waals surface area contributed by atoms with Crippen LogP contribution in [0.4, 0.5) is 5.69 Å². The number of anilines is 1. The monoisotopic (exact) mass is 263 g/mol. The van der Waals surface area contributed by atoms with Crippen LogP contribution in [-0.4, -0.2) is 18.4 Å². The molecule has 0 saturated carbocycles. The highest BCUT2D eigenvalue weighted by atomic mass is 16.1. The van der Waals surface area contributed by atoms with E-state index in [9.17, 15) is 9.59 Å². The maximum absolute atomic E-state index is 11.6. The van der Waals surface area contributed by atoms with Gasteiger partial charge in [-0.1, -0.05) is 12.8 Å². The Morgan fingerprint density at radius 1 is 1.00 bits per heavy atom. The van der Waals surface area contributed by atoms with E-state index in [4.69, 9.17) is 11.5 Å². The molecule has 0 radical (unpaired) electrons. The molecule has 0 heterocycles. The van der Waals surface area contributed by atoms with Crippen molar-refractivity contribution in [3.8, 4) is 0 Å². The summed E-state index contributed by atoms with van der Waals surface area (Å²) < 4.78 is 0. The van der Waals surface area contributed by atoms with Crippen LogP contribution in [0.15, 0.2) is 24.3 Å². The number of hydrogen-bond donors (Lipinski definition) is 3. The molecule has 5 N–H and O–H groups in total. The zero-order chi connectivity index (χ0) is 14.1.